The molecule has 94 valence electrons. The van der Waals surface area contributed by atoms with Crippen molar-refractivity contribution in [2.45, 2.75) is 57.9 Å². The van der Waals surface area contributed by atoms with Crippen LogP contribution in [-0.4, -0.2) is 26.3 Å². The minimum absolute atomic E-state index is 0.512. The number of ether oxygens (including phenoxy) is 1. The number of hydrogen-bond donors (Lipinski definition) is 1. The van der Waals surface area contributed by atoms with E-state index in [0.29, 0.717) is 11.5 Å². The van der Waals surface area contributed by atoms with Gasteiger partial charge in [0.15, 0.2) is 0 Å². The van der Waals surface area contributed by atoms with Gasteiger partial charge in [-0.15, -0.1) is 0 Å². The Kier molecular flexibility index (Phi) is 4.26. The molecule has 0 aromatic rings. The zero-order valence-corrected chi connectivity index (χ0v) is 10.9. The van der Waals surface area contributed by atoms with Crippen molar-refractivity contribution in [3.63, 3.8) is 0 Å². The molecule has 2 nitrogen and oxygen atoms in total. The third-order valence-corrected chi connectivity index (χ3v) is 4.72. The average molecular weight is 225 g/mol. The fourth-order valence-corrected chi connectivity index (χ4v) is 3.85. The minimum atomic E-state index is 0.512. The molecule has 1 saturated carbocycles. The van der Waals surface area contributed by atoms with Crippen LogP contribution in [0.3, 0.4) is 0 Å². The molecule has 0 amide bonds. The van der Waals surface area contributed by atoms with E-state index in [4.69, 9.17) is 4.74 Å². The van der Waals surface area contributed by atoms with Crippen molar-refractivity contribution in [2.75, 3.05) is 20.3 Å². The van der Waals surface area contributed by atoms with Crippen molar-refractivity contribution in [2.24, 2.45) is 11.3 Å². The molecule has 0 aromatic heterocycles. The summed E-state index contributed by atoms with van der Waals surface area (Å²) in [6.45, 7) is 4.44. The molecule has 0 radical (unpaired) electrons. The second-order valence-electron chi connectivity index (χ2n) is 5.96. The Bertz CT molecular complexity index is 205. The van der Waals surface area contributed by atoms with E-state index < -0.39 is 0 Å². The quantitative estimate of drug-likeness (QED) is 0.797. The van der Waals surface area contributed by atoms with Crippen molar-refractivity contribution in [1.82, 2.24) is 5.32 Å². The molecule has 1 saturated heterocycles. The van der Waals surface area contributed by atoms with Gasteiger partial charge in [0.2, 0.25) is 0 Å². The third kappa shape index (κ3) is 2.60. The molecule has 2 aliphatic rings. The molecule has 1 aliphatic heterocycles. The van der Waals surface area contributed by atoms with Gasteiger partial charge in [0.25, 0.3) is 0 Å². The van der Waals surface area contributed by atoms with E-state index in [-0.39, 0.29) is 0 Å². The molecule has 2 heteroatoms. The van der Waals surface area contributed by atoms with Crippen LogP contribution in [0.5, 0.6) is 0 Å². The Morgan fingerprint density at radius 2 is 1.94 bits per heavy atom. The van der Waals surface area contributed by atoms with Crippen LogP contribution in [0, 0.1) is 11.3 Å². The Morgan fingerprint density at radius 3 is 2.50 bits per heavy atom. The fourth-order valence-electron chi connectivity index (χ4n) is 3.85. The van der Waals surface area contributed by atoms with E-state index in [1.165, 1.54) is 44.9 Å². The maximum atomic E-state index is 5.66. The highest BCUT2D eigenvalue weighted by molar-refractivity contribution is 4.93. The van der Waals surface area contributed by atoms with Gasteiger partial charge < -0.3 is 10.1 Å². The highest BCUT2D eigenvalue weighted by Gasteiger charge is 2.39. The molecule has 2 rings (SSSR count). The van der Waals surface area contributed by atoms with Crippen LogP contribution in [0.15, 0.2) is 0 Å². The first-order chi connectivity index (χ1) is 7.76. The van der Waals surface area contributed by atoms with Crippen LogP contribution in [0.1, 0.15) is 51.9 Å². The van der Waals surface area contributed by atoms with Crippen molar-refractivity contribution < 1.29 is 4.74 Å². The Labute approximate surface area is 100 Å². The molecule has 0 spiro atoms. The van der Waals surface area contributed by atoms with Gasteiger partial charge >= 0.3 is 0 Å². The summed E-state index contributed by atoms with van der Waals surface area (Å²) in [4.78, 5) is 0. The van der Waals surface area contributed by atoms with Crippen LogP contribution in [0.4, 0.5) is 0 Å². The zero-order valence-electron chi connectivity index (χ0n) is 10.9. The first kappa shape index (κ1) is 12.4. The Hall–Kier alpha value is -0.0800. The summed E-state index contributed by atoms with van der Waals surface area (Å²) in [5.74, 6) is 0.738. The second-order valence-corrected chi connectivity index (χ2v) is 5.96. The van der Waals surface area contributed by atoms with E-state index in [1.54, 1.807) is 0 Å². The maximum Gasteiger partial charge on any atom is 0.0509 e. The molecule has 0 bridgehead atoms. The molecule has 0 aromatic carbocycles. The second kappa shape index (κ2) is 5.50. The van der Waals surface area contributed by atoms with Crippen LogP contribution in [-0.2, 0) is 4.74 Å². The molecule has 2 fully saturated rings. The van der Waals surface area contributed by atoms with Gasteiger partial charge in [0.05, 0.1) is 6.61 Å². The molecule has 1 N–H and O–H groups in total. The summed E-state index contributed by atoms with van der Waals surface area (Å²) in [6, 6.07) is 0.660. The van der Waals surface area contributed by atoms with Gasteiger partial charge in [-0.1, -0.05) is 26.2 Å². The maximum absolute atomic E-state index is 5.66. The van der Waals surface area contributed by atoms with Gasteiger partial charge in [0.1, 0.15) is 0 Å². The first-order valence-electron chi connectivity index (χ1n) is 7.01. The lowest BCUT2D eigenvalue weighted by atomic mass is 9.66. The summed E-state index contributed by atoms with van der Waals surface area (Å²) in [6.07, 6.45) is 9.67. The first-order valence-corrected chi connectivity index (χ1v) is 7.01. The van der Waals surface area contributed by atoms with Crippen LogP contribution in [0.2, 0.25) is 0 Å². The highest BCUT2D eigenvalue weighted by Crippen LogP contribution is 2.42. The van der Waals surface area contributed by atoms with Crippen molar-refractivity contribution in [3.8, 4) is 0 Å². The molecule has 2 atom stereocenters. The molecule has 1 heterocycles. The fraction of sp³-hybridized carbons (Fsp3) is 1.00. The normalized spacial score (nSPS) is 32.2. The molecular formula is C14H27NO. The lowest BCUT2D eigenvalue weighted by Crippen LogP contribution is -2.50. The summed E-state index contributed by atoms with van der Waals surface area (Å²) in [7, 11) is 2.14. The van der Waals surface area contributed by atoms with Gasteiger partial charge in [-0.25, -0.2) is 0 Å². The SMILES string of the molecule is CNC(C1CCCOC1)C1(C)CCCCC1. The molecular weight excluding hydrogens is 198 g/mol. The van der Waals surface area contributed by atoms with Gasteiger partial charge in [0, 0.05) is 12.6 Å². The molecule has 16 heavy (non-hydrogen) atoms. The summed E-state index contributed by atoms with van der Waals surface area (Å²) < 4.78 is 5.66. The van der Waals surface area contributed by atoms with E-state index in [0.717, 1.165) is 19.1 Å². The molecule has 2 unspecified atom stereocenters. The monoisotopic (exact) mass is 225 g/mol. The van der Waals surface area contributed by atoms with Crippen LogP contribution < -0.4 is 5.32 Å². The third-order valence-electron chi connectivity index (χ3n) is 4.72. The predicted octanol–water partition coefficient (Wildman–Crippen LogP) is 2.97. The van der Waals surface area contributed by atoms with Crippen molar-refractivity contribution >= 4 is 0 Å². The zero-order chi connectivity index (χ0) is 11.4. The smallest absolute Gasteiger partial charge is 0.0509 e. The van der Waals surface area contributed by atoms with E-state index >= 15 is 0 Å². The largest absolute Gasteiger partial charge is 0.381 e. The minimum Gasteiger partial charge on any atom is -0.381 e. The molecule has 1 aliphatic carbocycles. The van der Waals surface area contributed by atoms with Gasteiger partial charge in [-0.05, 0) is 44.1 Å². The van der Waals surface area contributed by atoms with E-state index in [1.807, 2.05) is 0 Å². The van der Waals surface area contributed by atoms with Gasteiger partial charge in [-0.2, -0.15) is 0 Å². The lowest BCUT2D eigenvalue weighted by Gasteiger charge is -2.45. The van der Waals surface area contributed by atoms with E-state index in [2.05, 4.69) is 19.3 Å². The number of rotatable bonds is 3. The Morgan fingerprint density at radius 1 is 1.19 bits per heavy atom. The van der Waals surface area contributed by atoms with Crippen molar-refractivity contribution in [3.05, 3.63) is 0 Å². The standard InChI is InChI=1S/C14H27NO/c1-14(8-4-3-5-9-14)13(15-2)12-7-6-10-16-11-12/h12-13,15H,3-11H2,1-2H3. The average Bonchev–Trinajstić information content (AvgIpc) is 2.32. The van der Waals surface area contributed by atoms with Crippen LogP contribution >= 0.6 is 0 Å². The van der Waals surface area contributed by atoms with Gasteiger partial charge in [-0.3, -0.25) is 0 Å². The Balaban J connectivity index is 2.01. The summed E-state index contributed by atoms with van der Waals surface area (Å²) >= 11 is 0. The van der Waals surface area contributed by atoms with E-state index in [9.17, 15) is 0 Å². The predicted molar refractivity (Wildman–Crippen MR) is 67.6 cm³/mol. The topological polar surface area (TPSA) is 21.3 Å². The highest BCUT2D eigenvalue weighted by atomic mass is 16.5. The number of nitrogens with one attached hydrogen (secondary N) is 1. The summed E-state index contributed by atoms with van der Waals surface area (Å²) in [5, 5.41) is 3.60. The van der Waals surface area contributed by atoms with Crippen molar-refractivity contribution in [1.29, 1.82) is 0 Å². The summed E-state index contributed by atoms with van der Waals surface area (Å²) in [5.41, 5.74) is 0.512. The number of hydrogen-bond acceptors (Lipinski definition) is 2. The lowest BCUT2D eigenvalue weighted by molar-refractivity contribution is 0.00315. The van der Waals surface area contributed by atoms with Crippen LogP contribution in [0.25, 0.3) is 0 Å².